The lowest BCUT2D eigenvalue weighted by Crippen LogP contribution is -1.99. The van der Waals surface area contributed by atoms with E-state index < -0.39 is 0 Å². The molecule has 0 aliphatic carbocycles. The van der Waals surface area contributed by atoms with Crippen LogP contribution in [0.4, 0.5) is 0 Å². The molecule has 0 saturated carbocycles. The highest BCUT2D eigenvalue weighted by atomic mass is 32.2. The first-order valence-corrected chi connectivity index (χ1v) is 15.0. The highest BCUT2D eigenvalue weighted by Crippen LogP contribution is 2.48. The zero-order valence-electron chi connectivity index (χ0n) is 25.4. The first-order chi connectivity index (χ1) is 19.1. The van der Waals surface area contributed by atoms with Crippen molar-refractivity contribution in [2.45, 2.75) is 72.1 Å². The molecule has 5 rings (SSSR count). The molecule has 0 spiro atoms. The van der Waals surface area contributed by atoms with Crippen molar-refractivity contribution >= 4 is 11.8 Å². The molecular weight excluding hydrogens is 500 g/mol. The van der Waals surface area contributed by atoms with Crippen molar-refractivity contribution in [3.8, 4) is 33.4 Å². The summed E-state index contributed by atoms with van der Waals surface area (Å²) in [6, 6.07) is 29.5. The highest BCUT2D eigenvalue weighted by molar-refractivity contribution is 7.99. The molecule has 0 atom stereocenters. The number of benzene rings is 5. The monoisotopic (exact) mass is 540 g/mol. The van der Waals surface area contributed by atoms with Crippen LogP contribution in [0.25, 0.3) is 33.4 Å². The highest BCUT2D eigenvalue weighted by Gasteiger charge is 2.21. The maximum absolute atomic E-state index is 2.44. The van der Waals surface area contributed by atoms with Gasteiger partial charge in [-0.1, -0.05) is 66.4 Å². The summed E-state index contributed by atoms with van der Waals surface area (Å²) in [6.07, 6.45) is 0. The maximum atomic E-state index is 2.44. The third kappa shape index (κ3) is 5.04. The zero-order chi connectivity index (χ0) is 28.7. The van der Waals surface area contributed by atoms with Gasteiger partial charge in [0.05, 0.1) is 0 Å². The van der Waals surface area contributed by atoms with Gasteiger partial charge in [0.2, 0.25) is 0 Å². The SMILES string of the molecule is Cc1ccc(-c2cc(-c3ccc(C)c(C)c3C)c(Sc3ccccc3)c(-c3ccc(C)c(C)c3C)c2)c(C)c1C. The molecule has 0 fully saturated rings. The molecule has 0 radical (unpaired) electrons. The van der Waals surface area contributed by atoms with Gasteiger partial charge in [-0.15, -0.1) is 0 Å². The van der Waals surface area contributed by atoms with Gasteiger partial charge < -0.3 is 0 Å². The summed E-state index contributed by atoms with van der Waals surface area (Å²) < 4.78 is 0. The van der Waals surface area contributed by atoms with Crippen molar-refractivity contribution in [1.29, 1.82) is 0 Å². The minimum absolute atomic E-state index is 1.25. The number of hydrogen-bond donors (Lipinski definition) is 0. The average Bonchev–Trinajstić information content (AvgIpc) is 2.95. The van der Waals surface area contributed by atoms with E-state index in [1.54, 1.807) is 0 Å². The molecule has 0 heterocycles. The molecular formula is C39H40S. The Hall–Kier alpha value is -3.55. The second-order valence-electron chi connectivity index (χ2n) is 11.4. The number of hydrogen-bond acceptors (Lipinski definition) is 1. The van der Waals surface area contributed by atoms with Gasteiger partial charge in [0, 0.05) is 9.79 Å². The van der Waals surface area contributed by atoms with Crippen molar-refractivity contribution < 1.29 is 0 Å². The summed E-state index contributed by atoms with van der Waals surface area (Å²) >= 11 is 1.88. The van der Waals surface area contributed by atoms with E-state index in [4.69, 9.17) is 0 Å². The minimum atomic E-state index is 1.25. The van der Waals surface area contributed by atoms with Gasteiger partial charge in [-0.25, -0.2) is 0 Å². The van der Waals surface area contributed by atoms with Crippen molar-refractivity contribution in [3.05, 3.63) is 129 Å². The standard InChI is InChI=1S/C39H40S/c1-23-15-18-34(29(7)26(23)4)32-21-37(35-19-16-24(2)27(5)30(35)8)39(40-33-13-11-10-12-14-33)38(22-32)36-20-17-25(3)28(6)31(36)9/h10-22H,1-9H3. The predicted molar refractivity (Wildman–Crippen MR) is 176 cm³/mol. The number of aryl methyl sites for hydroxylation is 3. The third-order valence-corrected chi connectivity index (χ3v) is 10.3. The van der Waals surface area contributed by atoms with Crippen molar-refractivity contribution in [1.82, 2.24) is 0 Å². The molecule has 0 aliphatic rings. The fraction of sp³-hybridized carbons (Fsp3) is 0.231. The quantitative estimate of drug-likeness (QED) is 0.214. The Bertz CT molecular complexity index is 1660. The summed E-state index contributed by atoms with van der Waals surface area (Å²) in [5.74, 6) is 0. The Morgan fingerprint density at radius 3 is 1.23 bits per heavy atom. The maximum Gasteiger partial charge on any atom is 0.0279 e. The van der Waals surface area contributed by atoms with Crippen LogP contribution in [0.1, 0.15) is 50.1 Å². The lowest BCUT2D eigenvalue weighted by molar-refractivity contribution is 1.24. The van der Waals surface area contributed by atoms with E-state index in [0.29, 0.717) is 0 Å². The fourth-order valence-corrected chi connectivity index (χ4v) is 6.75. The summed E-state index contributed by atoms with van der Waals surface area (Å²) in [5, 5.41) is 0. The molecule has 5 aromatic rings. The van der Waals surface area contributed by atoms with Gasteiger partial charge in [0.15, 0.2) is 0 Å². The molecule has 0 nitrogen and oxygen atoms in total. The summed E-state index contributed by atoms with van der Waals surface area (Å²) in [6.45, 7) is 20.2. The van der Waals surface area contributed by atoms with Crippen LogP contribution in [0.5, 0.6) is 0 Å². The molecule has 0 bridgehead atoms. The normalized spacial score (nSPS) is 11.2. The molecule has 5 aromatic carbocycles. The zero-order valence-corrected chi connectivity index (χ0v) is 26.2. The van der Waals surface area contributed by atoms with Gasteiger partial charge in [0.1, 0.15) is 0 Å². The Morgan fingerprint density at radius 1 is 0.375 bits per heavy atom. The van der Waals surface area contributed by atoms with Crippen molar-refractivity contribution in [2.24, 2.45) is 0 Å². The average molecular weight is 541 g/mol. The number of rotatable bonds is 5. The van der Waals surface area contributed by atoms with E-state index in [-0.39, 0.29) is 0 Å². The smallest absolute Gasteiger partial charge is 0.0279 e. The summed E-state index contributed by atoms with van der Waals surface area (Å²) in [7, 11) is 0. The lowest BCUT2D eigenvalue weighted by Gasteiger charge is -2.23. The Labute approximate surface area is 245 Å². The first kappa shape index (κ1) is 28.0. The molecule has 40 heavy (non-hydrogen) atoms. The van der Waals surface area contributed by atoms with Gasteiger partial charge in [-0.3, -0.25) is 0 Å². The summed E-state index contributed by atoms with van der Waals surface area (Å²) in [5.41, 5.74) is 20.0. The van der Waals surface area contributed by atoms with Gasteiger partial charge in [-0.2, -0.15) is 0 Å². The van der Waals surface area contributed by atoms with Crippen LogP contribution in [0.2, 0.25) is 0 Å². The molecule has 0 aliphatic heterocycles. The minimum Gasteiger partial charge on any atom is -0.0888 e. The van der Waals surface area contributed by atoms with E-state index in [1.165, 1.54) is 93.2 Å². The second kappa shape index (κ2) is 11.1. The molecule has 0 saturated heterocycles. The van der Waals surface area contributed by atoms with Crippen LogP contribution in [0.3, 0.4) is 0 Å². The van der Waals surface area contributed by atoms with Crippen LogP contribution in [-0.4, -0.2) is 0 Å². The molecule has 1 heteroatoms. The molecule has 0 N–H and O–H groups in total. The predicted octanol–water partition coefficient (Wildman–Crippen LogP) is 11.6. The van der Waals surface area contributed by atoms with Gasteiger partial charge in [-0.05, 0) is 170 Å². The van der Waals surface area contributed by atoms with Crippen molar-refractivity contribution in [3.63, 3.8) is 0 Å². The molecule has 0 amide bonds. The Morgan fingerprint density at radius 2 is 0.775 bits per heavy atom. The van der Waals surface area contributed by atoms with Crippen LogP contribution in [0, 0.1) is 62.3 Å². The Kier molecular flexibility index (Phi) is 7.80. The van der Waals surface area contributed by atoms with E-state index in [1.807, 2.05) is 11.8 Å². The third-order valence-electron chi connectivity index (χ3n) is 9.12. The Balaban J connectivity index is 1.92. The topological polar surface area (TPSA) is 0 Å². The second-order valence-corrected chi connectivity index (χ2v) is 12.4. The fourth-order valence-electron chi connectivity index (χ4n) is 5.67. The van der Waals surface area contributed by atoms with E-state index in [9.17, 15) is 0 Å². The largest absolute Gasteiger partial charge is 0.0888 e. The van der Waals surface area contributed by atoms with E-state index in [0.717, 1.165) is 0 Å². The van der Waals surface area contributed by atoms with Crippen LogP contribution < -0.4 is 0 Å². The van der Waals surface area contributed by atoms with Crippen LogP contribution >= 0.6 is 11.8 Å². The van der Waals surface area contributed by atoms with Gasteiger partial charge >= 0.3 is 0 Å². The van der Waals surface area contributed by atoms with Crippen molar-refractivity contribution in [2.75, 3.05) is 0 Å². The lowest BCUT2D eigenvalue weighted by atomic mass is 9.86. The molecule has 0 aromatic heterocycles. The van der Waals surface area contributed by atoms with Crippen LogP contribution in [-0.2, 0) is 0 Å². The molecule has 0 unspecified atom stereocenters. The molecule has 202 valence electrons. The van der Waals surface area contributed by atoms with Crippen LogP contribution in [0.15, 0.2) is 88.7 Å². The van der Waals surface area contributed by atoms with Gasteiger partial charge in [0.25, 0.3) is 0 Å². The van der Waals surface area contributed by atoms with E-state index in [2.05, 4.69) is 141 Å². The van der Waals surface area contributed by atoms with E-state index >= 15 is 0 Å². The summed E-state index contributed by atoms with van der Waals surface area (Å²) in [4.78, 5) is 2.57. The first-order valence-electron chi connectivity index (χ1n) is 14.2.